The van der Waals surface area contributed by atoms with Crippen LogP contribution >= 0.6 is 0 Å². The second-order valence-electron chi connectivity index (χ2n) is 4.56. The van der Waals surface area contributed by atoms with Crippen LogP contribution in [0.5, 0.6) is 5.75 Å². The minimum absolute atomic E-state index is 0.604. The highest BCUT2D eigenvalue weighted by atomic mass is 16.5. The second-order valence-corrected chi connectivity index (χ2v) is 4.56. The van der Waals surface area contributed by atoms with Crippen molar-refractivity contribution in [3.63, 3.8) is 0 Å². The van der Waals surface area contributed by atoms with E-state index in [9.17, 15) is 4.79 Å². The van der Waals surface area contributed by atoms with E-state index in [2.05, 4.69) is 4.98 Å². The monoisotopic (exact) mass is 266 g/mol. The minimum atomic E-state index is 0.604. The lowest BCUT2D eigenvalue weighted by Gasteiger charge is -2.09. The van der Waals surface area contributed by atoms with Crippen LogP contribution in [-0.4, -0.2) is 22.9 Å². The Kier molecular flexibility index (Phi) is 2.99. The lowest BCUT2D eigenvalue weighted by molar-refractivity contribution is 0.112. The maximum Gasteiger partial charge on any atom is 0.150 e. The number of rotatable bonds is 3. The van der Waals surface area contributed by atoms with E-state index in [1.807, 2.05) is 35.9 Å². The van der Waals surface area contributed by atoms with Gasteiger partial charge in [-0.1, -0.05) is 12.1 Å². The van der Waals surface area contributed by atoms with E-state index < -0.39 is 0 Å². The number of aromatic nitrogens is 2. The lowest BCUT2D eigenvalue weighted by Crippen LogP contribution is -1.96. The van der Waals surface area contributed by atoms with Gasteiger partial charge in [-0.15, -0.1) is 0 Å². The van der Waals surface area contributed by atoms with Crippen molar-refractivity contribution in [2.45, 2.75) is 0 Å². The molecule has 0 bridgehead atoms. The predicted molar refractivity (Wildman–Crippen MR) is 78.1 cm³/mol. The number of ether oxygens (including phenoxy) is 1. The molecule has 0 saturated carbocycles. The molecule has 0 unspecified atom stereocenters. The van der Waals surface area contributed by atoms with Crippen molar-refractivity contribution in [1.82, 2.24) is 9.55 Å². The van der Waals surface area contributed by atoms with Crippen LogP contribution in [0, 0.1) is 0 Å². The molecule has 0 saturated heterocycles. The fraction of sp³-hybridized carbons (Fsp3) is 0.125. The SMILES string of the molecule is COc1ccc(C=O)cc1-c1nc2ccccc2n1C. The Morgan fingerprint density at radius 2 is 2.00 bits per heavy atom. The number of hydrogen-bond acceptors (Lipinski definition) is 3. The summed E-state index contributed by atoms with van der Waals surface area (Å²) >= 11 is 0. The van der Waals surface area contributed by atoms with Gasteiger partial charge >= 0.3 is 0 Å². The number of carbonyl (C=O) groups is 1. The minimum Gasteiger partial charge on any atom is -0.496 e. The van der Waals surface area contributed by atoms with Crippen LogP contribution in [-0.2, 0) is 7.05 Å². The van der Waals surface area contributed by atoms with Crippen LogP contribution in [0.2, 0.25) is 0 Å². The van der Waals surface area contributed by atoms with Gasteiger partial charge in [0.1, 0.15) is 17.9 Å². The van der Waals surface area contributed by atoms with Gasteiger partial charge in [0.2, 0.25) is 0 Å². The van der Waals surface area contributed by atoms with Gasteiger partial charge in [0, 0.05) is 12.6 Å². The molecule has 4 nitrogen and oxygen atoms in total. The topological polar surface area (TPSA) is 44.1 Å². The Bertz CT molecular complexity index is 790. The zero-order valence-electron chi connectivity index (χ0n) is 11.3. The first-order chi connectivity index (χ1) is 9.74. The van der Waals surface area contributed by atoms with Gasteiger partial charge in [0.15, 0.2) is 0 Å². The fourth-order valence-corrected chi connectivity index (χ4v) is 2.36. The highest BCUT2D eigenvalue weighted by Gasteiger charge is 2.14. The van der Waals surface area contributed by atoms with Gasteiger partial charge in [-0.25, -0.2) is 4.98 Å². The summed E-state index contributed by atoms with van der Waals surface area (Å²) in [6, 6.07) is 13.2. The van der Waals surface area contributed by atoms with Crippen LogP contribution < -0.4 is 4.74 Å². The van der Waals surface area contributed by atoms with Crippen LogP contribution in [0.25, 0.3) is 22.4 Å². The van der Waals surface area contributed by atoms with Crippen molar-refractivity contribution in [3.8, 4) is 17.1 Å². The van der Waals surface area contributed by atoms with Gasteiger partial charge < -0.3 is 9.30 Å². The van der Waals surface area contributed by atoms with Gasteiger partial charge in [-0.05, 0) is 30.3 Å². The maximum atomic E-state index is 11.0. The highest BCUT2D eigenvalue weighted by Crippen LogP contribution is 2.31. The molecule has 1 aromatic heterocycles. The van der Waals surface area contributed by atoms with Crippen LogP contribution in [0.15, 0.2) is 42.5 Å². The standard InChI is InChI=1S/C16H14N2O2/c1-18-14-6-4-3-5-13(14)17-16(18)12-9-11(10-19)7-8-15(12)20-2/h3-10H,1-2H3. The van der Waals surface area contributed by atoms with Gasteiger partial charge in [0.25, 0.3) is 0 Å². The van der Waals surface area contributed by atoms with E-state index >= 15 is 0 Å². The molecule has 0 fully saturated rings. The number of hydrogen-bond donors (Lipinski definition) is 0. The quantitative estimate of drug-likeness (QED) is 0.684. The normalized spacial score (nSPS) is 10.7. The summed E-state index contributed by atoms with van der Waals surface area (Å²) in [5.41, 5.74) is 3.38. The Balaban J connectivity index is 2.29. The first-order valence-corrected chi connectivity index (χ1v) is 6.29. The summed E-state index contributed by atoms with van der Waals surface area (Å²) < 4.78 is 7.38. The molecule has 0 amide bonds. The number of methoxy groups -OCH3 is 1. The zero-order chi connectivity index (χ0) is 14.1. The van der Waals surface area contributed by atoms with E-state index in [4.69, 9.17) is 4.74 Å². The number of imidazole rings is 1. The molecule has 0 aliphatic rings. The maximum absolute atomic E-state index is 11.0. The largest absolute Gasteiger partial charge is 0.496 e. The third-order valence-corrected chi connectivity index (χ3v) is 3.39. The van der Waals surface area contributed by atoms with E-state index in [0.29, 0.717) is 11.3 Å². The summed E-state index contributed by atoms with van der Waals surface area (Å²) in [6.45, 7) is 0. The van der Waals surface area contributed by atoms with E-state index in [1.165, 1.54) is 0 Å². The summed E-state index contributed by atoms with van der Waals surface area (Å²) in [5.74, 6) is 1.49. The summed E-state index contributed by atoms with van der Waals surface area (Å²) in [7, 11) is 3.57. The molecule has 0 aliphatic heterocycles. The Morgan fingerprint density at radius 1 is 1.20 bits per heavy atom. The lowest BCUT2D eigenvalue weighted by atomic mass is 10.1. The summed E-state index contributed by atoms with van der Waals surface area (Å²) in [4.78, 5) is 15.6. The number of aldehydes is 1. The molecule has 0 aliphatic carbocycles. The van der Waals surface area contributed by atoms with Crippen LogP contribution in [0.1, 0.15) is 10.4 Å². The molecule has 0 atom stereocenters. The molecule has 0 spiro atoms. The predicted octanol–water partition coefficient (Wildman–Crippen LogP) is 3.06. The van der Waals surface area contributed by atoms with Gasteiger partial charge in [-0.3, -0.25) is 4.79 Å². The molecular weight excluding hydrogens is 252 g/mol. The van der Waals surface area contributed by atoms with Crippen molar-refractivity contribution in [2.24, 2.45) is 7.05 Å². The molecule has 1 heterocycles. The van der Waals surface area contributed by atoms with E-state index in [1.54, 1.807) is 25.3 Å². The van der Waals surface area contributed by atoms with Gasteiger partial charge in [0.05, 0.1) is 23.7 Å². The fourth-order valence-electron chi connectivity index (χ4n) is 2.36. The molecule has 0 radical (unpaired) electrons. The number of benzene rings is 2. The molecule has 2 aromatic carbocycles. The van der Waals surface area contributed by atoms with Crippen molar-refractivity contribution in [1.29, 1.82) is 0 Å². The van der Waals surface area contributed by atoms with Crippen molar-refractivity contribution in [2.75, 3.05) is 7.11 Å². The third-order valence-electron chi connectivity index (χ3n) is 3.39. The van der Waals surface area contributed by atoms with Crippen molar-refractivity contribution < 1.29 is 9.53 Å². The van der Waals surface area contributed by atoms with Gasteiger partial charge in [-0.2, -0.15) is 0 Å². The highest BCUT2D eigenvalue weighted by molar-refractivity contribution is 5.84. The molecule has 0 N–H and O–H groups in total. The first kappa shape index (κ1) is 12.4. The Labute approximate surface area is 116 Å². The summed E-state index contributed by atoms with van der Waals surface area (Å²) in [5, 5.41) is 0. The second kappa shape index (κ2) is 4.81. The molecule has 3 rings (SSSR count). The Hall–Kier alpha value is -2.62. The number of fused-ring (bicyclic) bond motifs is 1. The molecular formula is C16H14N2O2. The van der Waals surface area contributed by atoms with E-state index in [0.717, 1.165) is 28.7 Å². The number of aryl methyl sites for hydroxylation is 1. The first-order valence-electron chi connectivity index (χ1n) is 6.29. The average Bonchev–Trinajstić information content (AvgIpc) is 2.84. The Morgan fingerprint density at radius 3 is 2.70 bits per heavy atom. The molecule has 4 heteroatoms. The number of nitrogens with zero attached hydrogens (tertiary/aromatic N) is 2. The van der Waals surface area contributed by atoms with Crippen LogP contribution in [0.4, 0.5) is 0 Å². The number of carbonyl (C=O) groups excluding carboxylic acids is 1. The third kappa shape index (κ3) is 1.86. The van der Waals surface area contributed by atoms with Crippen molar-refractivity contribution >= 4 is 17.3 Å². The number of para-hydroxylation sites is 2. The molecule has 3 aromatic rings. The molecule has 100 valence electrons. The average molecular weight is 266 g/mol. The summed E-state index contributed by atoms with van der Waals surface area (Å²) in [6.07, 6.45) is 0.825. The smallest absolute Gasteiger partial charge is 0.150 e. The zero-order valence-corrected chi connectivity index (χ0v) is 11.3. The van der Waals surface area contributed by atoms with Crippen LogP contribution in [0.3, 0.4) is 0 Å². The molecule has 20 heavy (non-hydrogen) atoms. The van der Waals surface area contributed by atoms with E-state index in [-0.39, 0.29) is 0 Å². The van der Waals surface area contributed by atoms with Crippen molar-refractivity contribution in [3.05, 3.63) is 48.0 Å².